The number of nitrogens with two attached hydrogens (primary N) is 2. The van der Waals surface area contributed by atoms with Crippen LogP contribution in [0, 0.1) is 5.92 Å². The van der Waals surface area contributed by atoms with Gasteiger partial charge < -0.3 is 22.1 Å². The van der Waals surface area contributed by atoms with Crippen LogP contribution >= 0.6 is 0 Å². The number of hydrogen-bond donors (Lipinski definition) is 4. The fraction of sp³-hybridized carbons (Fsp3) is 0.333. The maximum Gasteiger partial charge on any atom is 0.316 e. The third-order valence-electron chi connectivity index (χ3n) is 2.35. The summed E-state index contributed by atoms with van der Waals surface area (Å²) in [4.78, 5) is 22.3. The van der Waals surface area contributed by atoms with Gasteiger partial charge in [0.25, 0.3) is 0 Å². The summed E-state index contributed by atoms with van der Waals surface area (Å²) in [5.74, 6) is 0.0288. The van der Waals surface area contributed by atoms with Crippen LogP contribution in [0.5, 0.6) is 0 Å². The van der Waals surface area contributed by atoms with Gasteiger partial charge in [0.15, 0.2) is 0 Å². The molecule has 0 spiro atoms. The van der Waals surface area contributed by atoms with E-state index in [0.29, 0.717) is 24.3 Å². The van der Waals surface area contributed by atoms with Crippen LogP contribution in [0.4, 0.5) is 16.2 Å². The number of hydrogen-bond acceptors (Lipinski definition) is 3. The highest BCUT2D eigenvalue weighted by atomic mass is 16.2. The zero-order valence-electron chi connectivity index (χ0n) is 10.3. The molecule has 98 valence electrons. The van der Waals surface area contributed by atoms with Crippen LogP contribution in [0.25, 0.3) is 0 Å². The molecule has 0 saturated carbocycles. The molecule has 1 atom stereocenters. The molecule has 0 aliphatic carbocycles. The molecule has 0 saturated heterocycles. The molecule has 6 N–H and O–H groups in total. The second-order valence-corrected chi connectivity index (χ2v) is 4.16. The summed E-state index contributed by atoms with van der Waals surface area (Å²) in [6, 6.07) is 6.12. The van der Waals surface area contributed by atoms with E-state index in [-0.39, 0.29) is 11.8 Å². The summed E-state index contributed by atoms with van der Waals surface area (Å²) in [6.45, 7) is 2.38. The standard InChI is InChI=1S/C12H18N4O2/c1-8(7-13)5-11(17)15-9-3-2-4-10(6-9)16-12(14)18/h2-4,6,8H,5,7,13H2,1H3,(H,15,17)(H3,14,16,18). The molecule has 0 bridgehead atoms. The van der Waals surface area contributed by atoms with Crippen LogP contribution in [0.1, 0.15) is 13.3 Å². The molecule has 1 unspecified atom stereocenters. The highest BCUT2D eigenvalue weighted by Crippen LogP contribution is 2.15. The number of amides is 3. The summed E-state index contributed by atoms with van der Waals surface area (Å²) in [5, 5.41) is 5.17. The predicted octanol–water partition coefficient (Wildman–Crippen LogP) is 1.10. The maximum absolute atomic E-state index is 11.6. The van der Waals surface area contributed by atoms with Crippen LogP contribution < -0.4 is 22.1 Å². The van der Waals surface area contributed by atoms with E-state index in [1.165, 1.54) is 0 Å². The first-order valence-corrected chi connectivity index (χ1v) is 5.67. The fourth-order valence-electron chi connectivity index (χ4n) is 1.43. The van der Waals surface area contributed by atoms with E-state index in [2.05, 4.69) is 10.6 Å². The van der Waals surface area contributed by atoms with E-state index in [0.717, 1.165) is 0 Å². The molecular weight excluding hydrogens is 232 g/mol. The Morgan fingerprint density at radius 1 is 1.28 bits per heavy atom. The Kier molecular flexibility index (Phi) is 5.13. The summed E-state index contributed by atoms with van der Waals surface area (Å²) in [7, 11) is 0. The second kappa shape index (κ2) is 6.61. The highest BCUT2D eigenvalue weighted by molar-refractivity contribution is 5.93. The van der Waals surface area contributed by atoms with E-state index in [9.17, 15) is 9.59 Å². The summed E-state index contributed by atoms with van der Waals surface area (Å²) >= 11 is 0. The van der Waals surface area contributed by atoms with Crippen molar-refractivity contribution in [3.63, 3.8) is 0 Å². The summed E-state index contributed by atoms with van der Waals surface area (Å²) in [5.41, 5.74) is 11.6. The van der Waals surface area contributed by atoms with Crippen molar-refractivity contribution in [1.82, 2.24) is 0 Å². The lowest BCUT2D eigenvalue weighted by Crippen LogP contribution is -2.21. The monoisotopic (exact) mass is 250 g/mol. The van der Waals surface area contributed by atoms with Crippen molar-refractivity contribution >= 4 is 23.3 Å². The summed E-state index contributed by atoms with van der Waals surface area (Å²) < 4.78 is 0. The van der Waals surface area contributed by atoms with Crippen LogP contribution in [0.3, 0.4) is 0 Å². The first kappa shape index (κ1) is 14.0. The molecule has 0 aliphatic heterocycles. The summed E-state index contributed by atoms with van der Waals surface area (Å²) in [6.07, 6.45) is 0.365. The van der Waals surface area contributed by atoms with Crippen LogP contribution in [0.15, 0.2) is 24.3 Å². The van der Waals surface area contributed by atoms with E-state index in [1.807, 2.05) is 6.92 Å². The van der Waals surface area contributed by atoms with E-state index in [4.69, 9.17) is 11.5 Å². The van der Waals surface area contributed by atoms with Gasteiger partial charge in [-0.05, 0) is 30.7 Å². The van der Waals surface area contributed by atoms with Gasteiger partial charge in [0.1, 0.15) is 0 Å². The molecular formula is C12H18N4O2. The molecule has 18 heavy (non-hydrogen) atoms. The third-order valence-corrected chi connectivity index (χ3v) is 2.35. The number of primary amides is 1. The van der Waals surface area contributed by atoms with Gasteiger partial charge in [-0.2, -0.15) is 0 Å². The van der Waals surface area contributed by atoms with Gasteiger partial charge in [-0.1, -0.05) is 13.0 Å². The van der Waals surface area contributed by atoms with Crippen molar-refractivity contribution in [2.45, 2.75) is 13.3 Å². The van der Waals surface area contributed by atoms with Crippen molar-refractivity contribution in [2.24, 2.45) is 17.4 Å². The van der Waals surface area contributed by atoms with E-state index < -0.39 is 6.03 Å². The predicted molar refractivity (Wildman–Crippen MR) is 71.1 cm³/mol. The molecule has 3 amide bonds. The average Bonchev–Trinajstić information content (AvgIpc) is 2.28. The van der Waals surface area contributed by atoms with Crippen molar-refractivity contribution in [1.29, 1.82) is 0 Å². The molecule has 0 aliphatic rings. The molecule has 0 aromatic heterocycles. The first-order valence-electron chi connectivity index (χ1n) is 5.67. The Labute approximate surface area is 106 Å². The lowest BCUT2D eigenvalue weighted by atomic mass is 10.1. The lowest BCUT2D eigenvalue weighted by Gasteiger charge is -2.10. The van der Waals surface area contributed by atoms with Gasteiger partial charge in [0, 0.05) is 17.8 Å². The minimum Gasteiger partial charge on any atom is -0.351 e. The van der Waals surface area contributed by atoms with Crippen molar-refractivity contribution in [2.75, 3.05) is 17.2 Å². The van der Waals surface area contributed by atoms with Gasteiger partial charge in [-0.15, -0.1) is 0 Å². The maximum atomic E-state index is 11.6. The Morgan fingerprint density at radius 3 is 2.44 bits per heavy atom. The smallest absolute Gasteiger partial charge is 0.316 e. The Balaban J connectivity index is 2.61. The molecule has 1 aromatic rings. The molecule has 1 rings (SSSR count). The zero-order chi connectivity index (χ0) is 13.5. The van der Waals surface area contributed by atoms with E-state index in [1.54, 1.807) is 24.3 Å². The van der Waals surface area contributed by atoms with E-state index >= 15 is 0 Å². The largest absolute Gasteiger partial charge is 0.351 e. The van der Waals surface area contributed by atoms with Gasteiger partial charge in [-0.25, -0.2) is 4.79 Å². The number of carbonyl (C=O) groups is 2. The van der Waals surface area contributed by atoms with Crippen LogP contribution in [-0.2, 0) is 4.79 Å². The molecule has 6 heteroatoms. The molecule has 0 heterocycles. The van der Waals surface area contributed by atoms with Gasteiger partial charge in [0.2, 0.25) is 5.91 Å². The second-order valence-electron chi connectivity index (χ2n) is 4.16. The molecule has 0 radical (unpaired) electrons. The number of nitrogens with one attached hydrogen (secondary N) is 2. The molecule has 0 fully saturated rings. The Bertz CT molecular complexity index is 434. The number of rotatable bonds is 5. The molecule has 1 aromatic carbocycles. The highest BCUT2D eigenvalue weighted by Gasteiger charge is 2.08. The average molecular weight is 250 g/mol. The van der Waals surface area contributed by atoms with Crippen LogP contribution in [0.2, 0.25) is 0 Å². The van der Waals surface area contributed by atoms with Gasteiger partial charge in [-0.3, -0.25) is 4.79 Å². The normalized spacial score (nSPS) is 11.7. The molecule has 6 nitrogen and oxygen atoms in total. The van der Waals surface area contributed by atoms with Crippen LogP contribution in [-0.4, -0.2) is 18.5 Å². The van der Waals surface area contributed by atoms with Gasteiger partial charge in [0.05, 0.1) is 0 Å². The van der Waals surface area contributed by atoms with Gasteiger partial charge >= 0.3 is 6.03 Å². The lowest BCUT2D eigenvalue weighted by molar-refractivity contribution is -0.116. The number of anilines is 2. The first-order chi connectivity index (χ1) is 8.51. The minimum atomic E-state index is -0.643. The number of benzene rings is 1. The van der Waals surface area contributed by atoms with Crippen molar-refractivity contribution < 1.29 is 9.59 Å². The quantitative estimate of drug-likeness (QED) is 0.628. The zero-order valence-corrected chi connectivity index (χ0v) is 10.3. The number of urea groups is 1. The van der Waals surface area contributed by atoms with Crippen molar-refractivity contribution in [3.8, 4) is 0 Å². The SMILES string of the molecule is CC(CN)CC(=O)Nc1cccc(NC(N)=O)c1. The Hall–Kier alpha value is -2.08. The van der Waals surface area contributed by atoms with Crippen molar-refractivity contribution in [3.05, 3.63) is 24.3 Å². The topological polar surface area (TPSA) is 110 Å². The number of carbonyl (C=O) groups excluding carboxylic acids is 2. The third kappa shape index (κ3) is 4.84. The fourth-order valence-corrected chi connectivity index (χ4v) is 1.43. The Morgan fingerprint density at radius 2 is 1.89 bits per heavy atom. The minimum absolute atomic E-state index is 0.107.